The van der Waals surface area contributed by atoms with Crippen LogP contribution in [0.5, 0.6) is 0 Å². The van der Waals surface area contributed by atoms with Crippen molar-refractivity contribution in [1.29, 1.82) is 0 Å². The lowest BCUT2D eigenvalue weighted by Crippen LogP contribution is -2.41. The summed E-state index contributed by atoms with van der Waals surface area (Å²) in [5.74, 6) is -0.587. The molecule has 5 heteroatoms. The molecule has 0 radical (unpaired) electrons. The number of pyridine rings is 1. The summed E-state index contributed by atoms with van der Waals surface area (Å²) >= 11 is 0. The second kappa shape index (κ2) is 5.23. The number of carbonyl (C=O) groups excluding carboxylic acids is 1. The monoisotopic (exact) mass is 238 g/mol. The first-order valence-electron chi connectivity index (χ1n) is 5.71. The molecule has 0 spiro atoms. The molecule has 1 amide bonds. The number of carbonyl (C=O) groups is 1. The van der Waals surface area contributed by atoms with E-state index < -0.39 is 5.82 Å². The van der Waals surface area contributed by atoms with Gasteiger partial charge in [0.15, 0.2) is 0 Å². The normalized spacial score (nSPS) is 20.4. The van der Waals surface area contributed by atoms with E-state index in [0.717, 1.165) is 19.0 Å². The standard InChI is InChI=1S/C12H15FN2O2/c13-11-4-10(5-14-6-11)12(17)15-3-1-2-9(7-15)8-16/h4-6,9,16H,1-3,7-8H2. The molecule has 0 bridgehead atoms. The van der Waals surface area contributed by atoms with Crippen LogP contribution in [0.3, 0.4) is 0 Å². The fourth-order valence-electron chi connectivity index (χ4n) is 2.11. The molecule has 1 N–H and O–H groups in total. The highest BCUT2D eigenvalue weighted by molar-refractivity contribution is 5.93. The molecule has 0 aliphatic carbocycles. The third kappa shape index (κ3) is 2.79. The van der Waals surface area contributed by atoms with Crippen LogP contribution in [0.2, 0.25) is 0 Å². The number of aliphatic hydroxyl groups is 1. The molecule has 2 heterocycles. The van der Waals surface area contributed by atoms with E-state index >= 15 is 0 Å². The van der Waals surface area contributed by atoms with Crippen LogP contribution in [0.4, 0.5) is 4.39 Å². The van der Waals surface area contributed by atoms with Gasteiger partial charge in [-0.15, -0.1) is 0 Å². The number of likely N-dealkylation sites (tertiary alicyclic amines) is 1. The minimum atomic E-state index is -0.508. The average molecular weight is 238 g/mol. The number of amides is 1. The molecule has 2 rings (SSSR count). The molecule has 1 unspecified atom stereocenters. The van der Waals surface area contributed by atoms with Crippen molar-refractivity contribution < 1.29 is 14.3 Å². The minimum Gasteiger partial charge on any atom is -0.396 e. The Morgan fingerprint density at radius 3 is 3.12 bits per heavy atom. The molecule has 92 valence electrons. The van der Waals surface area contributed by atoms with E-state index in [2.05, 4.69) is 4.98 Å². The second-order valence-corrected chi connectivity index (χ2v) is 4.33. The zero-order valence-corrected chi connectivity index (χ0v) is 9.47. The van der Waals surface area contributed by atoms with Gasteiger partial charge in [-0.3, -0.25) is 9.78 Å². The molecule has 1 aromatic rings. The topological polar surface area (TPSA) is 53.4 Å². The van der Waals surface area contributed by atoms with Crippen molar-refractivity contribution in [3.63, 3.8) is 0 Å². The van der Waals surface area contributed by atoms with E-state index in [1.54, 1.807) is 4.90 Å². The Morgan fingerprint density at radius 2 is 2.41 bits per heavy atom. The first-order chi connectivity index (χ1) is 8.20. The molecular formula is C12H15FN2O2. The van der Waals surface area contributed by atoms with Gasteiger partial charge in [-0.05, 0) is 24.8 Å². The Morgan fingerprint density at radius 1 is 1.59 bits per heavy atom. The largest absolute Gasteiger partial charge is 0.396 e. The number of piperidine rings is 1. The second-order valence-electron chi connectivity index (χ2n) is 4.33. The van der Waals surface area contributed by atoms with Gasteiger partial charge < -0.3 is 10.0 Å². The Bertz CT molecular complexity index is 411. The maximum absolute atomic E-state index is 13.0. The van der Waals surface area contributed by atoms with E-state index in [9.17, 15) is 9.18 Å². The highest BCUT2D eigenvalue weighted by Gasteiger charge is 2.24. The molecule has 1 aliphatic rings. The quantitative estimate of drug-likeness (QED) is 0.838. The summed E-state index contributed by atoms with van der Waals surface area (Å²) < 4.78 is 13.0. The molecule has 1 fully saturated rings. The smallest absolute Gasteiger partial charge is 0.255 e. The summed E-state index contributed by atoms with van der Waals surface area (Å²) in [5.41, 5.74) is 0.267. The van der Waals surface area contributed by atoms with E-state index in [1.165, 1.54) is 12.3 Å². The highest BCUT2D eigenvalue weighted by atomic mass is 19.1. The molecule has 1 saturated heterocycles. The zero-order valence-electron chi connectivity index (χ0n) is 9.47. The van der Waals surface area contributed by atoms with Crippen molar-refractivity contribution in [2.45, 2.75) is 12.8 Å². The Balaban J connectivity index is 2.09. The van der Waals surface area contributed by atoms with Crippen molar-refractivity contribution >= 4 is 5.91 Å². The van der Waals surface area contributed by atoms with Gasteiger partial charge in [0, 0.05) is 25.9 Å². The highest BCUT2D eigenvalue weighted by Crippen LogP contribution is 2.18. The number of hydrogen-bond donors (Lipinski definition) is 1. The zero-order chi connectivity index (χ0) is 12.3. The van der Waals surface area contributed by atoms with Crippen LogP contribution < -0.4 is 0 Å². The van der Waals surface area contributed by atoms with Crippen LogP contribution in [-0.4, -0.2) is 40.6 Å². The van der Waals surface area contributed by atoms with Gasteiger partial charge in [-0.2, -0.15) is 0 Å². The SMILES string of the molecule is O=C(c1cncc(F)c1)N1CCCC(CO)C1. The van der Waals surface area contributed by atoms with E-state index in [4.69, 9.17) is 5.11 Å². The van der Waals surface area contributed by atoms with Crippen LogP contribution in [0.25, 0.3) is 0 Å². The van der Waals surface area contributed by atoms with Gasteiger partial charge in [0.05, 0.1) is 11.8 Å². The lowest BCUT2D eigenvalue weighted by molar-refractivity contribution is 0.0620. The van der Waals surface area contributed by atoms with Crippen LogP contribution in [0, 0.1) is 11.7 Å². The van der Waals surface area contributed by atoms with Crippen LogP contribution >= 0.6 is 0 Å². The molecule has 1 atom stereocenters. The fourth-order valence-corrected chi connectivity index (χ4v) is 2.11. The first kappa shape index (κ1) is 12.0. The van der Waals surface area contributed by atoms with E-state index in [-0.39, 0.29) is 24.0 Å². The van der Waals surface area contributed by atoms with Gasteiger partial charge in [-0.1, -0.05) is 0 Å². The van der Waals surface area contributed by atoms with Crippen molar-refractivity contribution in [2.24, 2.45) is 5.92 Å². The predicted molar refractivity (Wildman–Crippen MR) is 59.9 cm³/mol. The molecule has 1 aromatic heterocycles. The number of aliphatic hydroxyl groups excluding tert-OH is 1. The summed E-state index contributed by atoms with van der Waals surface area (Å²) in [5, 5.41) is 9.09. The van der Waals surface area contributed by atoms with E-state index in [1.807, 2.05) is 0 Å². The number of aromatic nitrogens is 1. The maximum atomic E-state index is 13.0. The van der Waals surface area contributed by atoms with Crippen LogP contribution in [-0.2, 0) is 0 Å². The lowest BCUT2D eigenvalue weighted by Gasteiger charge is -2.31. The van der Waals surface area contributed by atoms with Gasteiger partial charge >= 0.3 is 0 Å². The number of halogens is 1. The average Bonchev–Trinajstić information content (AvgIpc) is 2.38. The van der Waals surface area contributed by atoms with Crippen molar-refractivity contribution in [3.05, 3.63) is 29.8 Å². The Kier molecular flexibility index (Phi) is 3.68. The number of hydrogen-bond acceptors (Lipinski definition) is 3. The Hall–Kier alpha value is -1.49. The summed E-state index contributed by atoms with van der Waals surface area (Å²) in [6, 6.07) is 1.19. The number of nitrogens with zero attached hydrogens (tertiary/aromatic N) is 2. The third-order valence-electron chi connectivity index (χ3n) is 3.02. The molecule has 0 aromatic carbocycles. The van der Waals surface area contributed by atoms with Gasteiger partial charge in [0.25, 0.3) is 5.91 Å². The minimum absolute atomic E-state index is 0.0885. The first-order valence-corrected chi connectivity index (χ1v) is 5.71. The summed E-state index contributed by atoms with van der Waals surface area (Å²) in [7, 11) is 0. The van der Waals surface area contributed by atoms with Crippen molar-refractivity contribution in [1.82, 2.24) is 9.88 Å². The van der Waals surface area contributed by atoms with Gasteiger partial charge in [0.1, 0.15) is 5.82 Å². The maximum Gasteiger partial charge on any atom is 0.255 e. The van der Waals surface area contributed by atoms with Crippen LogP contribution in [0.1, 0.15) is 23.2 Å². The molecule has 1 aliphatic heterocycles. The van der Waals surface area contributed by atoms with Crippen molar-refractivity contribution in [3.8, 4) is 0 Å². The van der Waals surface area contributed by atoms with Gasteiger partial charge in [0.2, 0.25) is 0 Å². The third-order valence-corrected chi connectivity index (χ3v) is 3.02. The number of rotatable bonds is 2. The van der Waals surface area contributed by atoms with Crippen molar-refractivity contribution in [2.75, 3.05) is 19.7 Å². The van der Waals surface area contributed by atoms with E-state index in [0.29, 0.717) is 13.1 Å². The summed E-state index contributed by atoms with van der Waals surface area (Å²) in [4.78, 5) is 17.4. The fraction of sp³-hybridized carbons (Fsp3) is 0.500. The molecule has 17 heavy (non-hydrogen) atoms. The molecular weight excluding hydrogens is 223 g/mol. The summed E-state index contributed by atoms with van der Waals surface area (Å²) in [6.07, 6.45) is 4.25. The Labute approximate surface area is 99.1 Å². The molecule has 0 saturated carbocycles. The lowest BCUT2D eigenvalue weighted by atomic mass is 9.98. The van der Waals surface area contributed by atoms with Gasteiger partial charge in [-0.25, -0.2) is 4.39 Å². The molecule has 4 nitrogen and oxygen atoms in total. The summed E-state index contributed by atoms with van der Waals surface area (Å²) in [6.45, 7) is 1.28. The predicted octanol–water partition coefficient (Wildman–Crippen LogP) is 1.07. The van der Waals surface area contributed by atoms with Crippen LogP contribution in [0.15, 0.2) is 18.5 Å².